The first-order chi connectivity index (χ1) is 10.8. The maximum absolute atomic E-state index is 13.3. The predicted molar refractivity (Wildman–Crippen MR) is 68.4 cm³/mol. The molecule has 0 aromatic heterocycles. The fourth-order valence-corrected chi connectivity index (χ4v) is 2.53. The van der Waals surface area contributed by atoms with Crippen molar-refractivity contribution in [1.82, 2.24) is 0 Å². The van der Waals surface area contributed by atoms with E-state index >= 15 is 0 Å². The van der Waals surface area contributed by atoms with E-state index in [-0.39, 0.29) is 13.0 Å². The molecule has 11 heteroatoms. The van der Waals surface area contributed by atoms with Crippen molar-refractivity contribution in [3.8, 4) is 0 Å². The second-order valence-corrected chi connectivity index (χ2v) is 5.79. The molecular weight excluding hydrogens is 347 g/mol. The van der Waals surface area contributed by atoms with Crippen LogP contribution in [-0.2, 0) is 9.16 Å². The fourth-order valence-electron chi connectivity index (χ4n) is 1.59. The summed E-state index contributed by atoms with van der Waals surface area (Å²) in [6, 6.07) is 0.512. The van der Waals surface area contributed by atoms with Gasteiger partial charge in [0.1, 0.15) is 5.56 Å². The summed E-state index contributed by atoms with van der Waals surface area (Å²) in [6.07, 6.45) is 0.711. The van der Waals surface area contributed by atoms with E-state index in [1.165, 1.54) is 0 Å². The molecule has 23 heavy (non-hydrogen) atoms. The number of aliphatic hydroxyl groups excluding tert-OH is 1. The number of halogens is 5. The number of hydrogen-bond acceptors (Lipinski definition) is 5. The largest absolute Gasteiger partial charge is 0.462 e. The highest BCUT2D eigenvalue weighted by atomic mass is 28.2. The molecule has 0 saturated carbocycles. The highest BCUT2D eigenvalue weighted by Gasteiger charge is 2.30. The lowest BCUT2D eigenvalue weighted by molar-refractivity contribution is -0.180. The summed E-state index contributed by atoms with van der Waals surface area (Å²) in [6.45, 7) is -2.14. The molecule has 130 valence electrons. The van der Waals surface area contributed by atoms with Gasteiger partial charge >= 0.3 is 5.97 Å². The van der Waals surface area contributed by atoms with E-state index in [9.17, 15) is 26.7 Å². The molecule has 0 aliphatic carbocycles. The average molecular weight is 360 g/mol. The van der Waals surface area contributed by atoms with Gasteiger partial charge in [0.2, 0.25) is 5.82 Å². The zero-order valence-electron chi connectivity index (χ0n) is 11.6. The molecule has 5 nitrogen and oxygen atoms in total. The van der Waals surface area contributed by atoms with Crippen LogP contribution in [0.1, 0.15) is 23.2 Å². The summed E-state index contributed by atoms with van der Waals surface area (Å²) in [7, 11) is -1.16. The van der Waals surface area contributed by atoms with E-state index < -0.39 is 56.9 Å². The Hall–Kier alpha value is -1.56. The minimum Gasteiger partial charge on any atom is -0.462 e. The number of unbranched alkanes of at least 4 members (excludes halogenated alkanes) is 1. The second kappa shape index (κ2) is 8.91. The molecule has 0 aliphatic heterocycles. The zero-order chi connectivity index (χ0) is 17.6. The first-order valence-corrected chi connectivity index (χ1v) is 8.01. The van der Waals surface area contributed by atoms with E-state index in [1.807, 2.05) is 0 Å². The minimum absolute atomic E-state index is 0.249. The molecule has 0 spiro atoms. The fraction of sp³-hybridized carbons (Fsp3) is 0.417. The number of benzene rings is 1. The molecule has 0 fully saturated rings. The number of carbonyl (C=O) groups is 1. The van der Waals surface area contributed by atoms with Crippen LogP contribution in [0.2, 0.25) is 6.04 Å². The van der Waals surface area contributed by atoms with E-state index in [0.717, 1.165) is 0 Å². The van der Waals surface area contributed by atoms with Crippen molar-refractivity contribution in [2.45, 2.75) is 25.4 Å². The van der Waals surface area contributed by atoms with Crippen LogP contribution in [0.15, 0.2) is 0 Å². The number of rotatable bonds is 8. The Morgan fingerprint density at radius 2 is 1.48 bits per heavy atom. The molecule has 0 heterocycles. The van der Waals surface area contributed by atoms with Gasteiger partial charge in [0, 0.05) is 0 Å². The Bertz CT molecular complexity index is 540. The number of aliphatic hydroxyl groups is 2. The van der Waals surface area contributed by atoms with Crippen LogP contribution in [0.4, 0.5) is 22.0 Å². The molecule has 0 unspecified atom stereocenters. The molecular formula is C12H13F5O5Si. The van der Waals surface area contributed by atoms with Crippen LogP contribution in [0, 0.1) is 29.1 Å². The third kappa shape index (κ3) is 5.23. The SMILES string of the molecule is O=C(OCCCC[SiH2]OC(O)O)c1c(F)c(F)c(F)c(F)c1F. The van der Waals surface area contributed by atoms with E-state index in [1.54, 1.807) is 0 Å². The first-order valence-electron chi connectivity index (χ1n) is 6.43. The molecule has 0 radical (unpaired) electrons. The van der Waals surface area contributed by atoms with Crippen molar-refractivity contribution in [3.63, 3.8) is 0 Å². The van der Waals surface area contributed by atoms with Gasteiger partial charge in [0.25, 0.3) is 6.48 Å². The van der Waals surface area contributed by atoms with Crippen LogP contribution in [-0.4, -0.2) is 39.0 Å². The second-order valence-electron chi connectivity index (χ2n) is 4.34. The Morgan fingerprint density at radius 3 is 2.00 bits per heavy atom. The standard InChI is InChI=1S/C12H13F5O5Si/c13-6-5(7(14)9(16)10(17)8(6)15)11(18)21-3-1-2-4-23-22-12(19)20/h12,19-20H,1-4,23H2. The Kier molecular flexibility index (Phi) is 7.55. The Balaban J connectivity index is 2.53. The highest BCUT2D eigenvalue weighted by molar-refractivity contribution is 6.26. The maximum atomic E-state index is 13.3. The van der Waals surface area contributed by atoms with Gasteiger partial charge in [-0.3, -0.25) is 0 Å². The summed E-state index contributed by atoms with van der Waals surface area (Å²) in [4.78, 5) is 11.4. The Morgan fingerprint density at radius 1 is 0.957 bits per heavy atom. The van der Waals surface area contributed by atoms with Crippen molar-refractivity contribution in [3.05, 3.63) is 34.6 Å². The zero-order valence-corrected chi connectivity index (χ0v) is 13.0. The van der Waals surface area contributed by atoms with Gasteiger partial charge in [-0.05, 0) is 12.5 Å². The summed E-state index contributed by atoms with van der Waals surface area (Å²) in [5.74, 6) is -12.9. The van der Waals surface area contributed by atoms with E-state index in [4.69, 9.17) is 10.2 Å². The molecule has 0 aliphatic rings. The highest BCUT2D eigenvalue weighted by Crippen LogP contribution is 2.23. The lowest BCUT2D eigenvalue weighted by Gasteiger charge is -2.09. The Labute approximate surface area is 129 Å². The molecule has 0 saturated heterocycles. The van der Waals surface area contributed by atoms with Gasteiger partial charge < -0.3 is 19.4 Å². The smallest absolute Gasteiger partial charge is 0.344 e. The molecule has 2 N–H and O–H groups in total. The van der Waals surface area contributed by atoms with Gasteiger partial charge in [0.15, 0.2) is 33.0 Å². The summed E-state index contributed by atoms with van der Waals surface area (Å²) >= 11 is 0. The van der Waals surface area contributed by atoms with Crippen LogP contribution >= 0.6 is 0 Å². The van der Waals surface area contributed by atoms with Gasteiger partial charge in [-0.15, -0.1) is 0 Å². The van der Waals surface area contributed by atoms with Crippen molar-refractivity contribution in [2.24, 2.45) is 0 Å². The lowest BCUT2D eigenvalue weighted by atomic mass is 10.1. The number of ether oxygens (including phenoxy) is 1. The minimum atomic E-state index is -2.35. The molecule has 1 rings (SSSR count). The average Bonchev–Trinajstić information content (AvgIpc) is 2.50. The summed E-state index contributed by atoms with van der Waals surface area (Å²) < 4.78 is 74.3. The monoisotopic (exact) mass is 360 g/mol. The molecule has 0 atom stereocenters. The van der Waals surface area contributed by atoms with Crippen molar-refractivity contribution >= 4 is 15.7 Å². The quantitative estimate of drug-likeness (QED) is 0.138. The molecule has 1 aromatic carbocycles. The van der Waals surface area contributed by atoms with Crippen molar-refractivity contribution < 1.29 is 46.1 Å². The first kappa shape index (κ1) is 19.5. The van der Waals surface area contributed by atoms with Gasteiger partial charge in [0.05, 0.1) is 6.61 Å². The third-order valence-electron chi connectivity index (χ3n) is 2.70. The van der Waals surface area contributed by atoms with Gasteiger partial charge in [-0.2, -0.15) is 0 Å². The van der Waals surface area contributed by atoms with Crippen LogP contribution in [0.25, 0.3) is 0 Å². The number of carbonyl (C=O) groups excluding carboxylic acids is 1. The lowest BCUT2D eigenvalue weighted by Crippen LogP contribution is -2.16. The van der Waals surface area contributed by atoms with E-state index in [0.29, 0.717) is 12.5 Å². The molecule has 0 bridgehead atoms. The molecule has 1 aromatic rings. The molecule has 0 amide bonds. The van der Waals surface area contributed by atoms with Crippen molar-refractivity contribution in [2.75, 3.05) is 6.61 Å². The van der Waals surface area contributed by atoms with Crippen LogP contribution in [0.5, 0.6) is 0 Å². The third-order valence-corrected chi connectivity index (χ3v) is 4.03. The maximum Gasteiger partial charge on any atom is 0.344 e. The van der Waals surface area contributed by atoms with Crippen LogP contribution < -0.4 is 0 Å². The van der Waals surface area contributed by atoms with Crippen LogP contribution in [0.3, 0.4) is 0 Å². The van der Waals surface area contributed by atoms with Gasteiger partial charge in [-0.25, -0.2) is 26.7 Å². The normalized spacial score (nSPS) is 11.7. The van der Waals surface area contributed by atoms with E-state index in [2.05, 4.69) is 9.16 Å². The number of esters is 1. The van der Waals surface area contributed by atoms with Gasteiger partial charge in [-0.1, -0.05) is 6.42 Å². The number of hydrogen-bond donors (Lipinski definition) is 2. The summed E-state index contributed by atoms with van der Waals surface area (Å²) in [5.41, 5.74) is -1.64. The summed E-state index contributed by atoms with van der Waals surface area (Å²) in [5, 5.41) is 16.8. The predicted octanol–water partition coefficient (Wildman–Crippen LogP) is 1.11. The topological polar surface area (TPSA) is 76.0 Å². The van der Waals surface area contributed by atoms with Crippen molar-refractivity contribution in [1.29, 1.82) is 0 Å².